The van der Waals surface area contributed by atoms with E-state index >= 15 is 0 Å². The molecule has 0 radical (unpaired) electrons. The molecule has 0 amide bonds. The minimum Gasteiger partial charge on any atom is -0.364 e. The second-order valence-corrected chi connectivity index (χ2v) is 5.89. The highest BCUT2D eigenvalue weighted by Crippen LogP contribution is 2.46. The molecule has 1 saturated carbocycles. The predicted molar refractivity (Wildman–Crippen MR) is 65.9 cm³/mol. The Bertz CT molecular complexity index is 363. The second kappa shape index (κ2) is 4.47. The average Bonchev–Trinajstić information content (AvgIpc) is 2.79. The lowest BCUT2D eigenvalue weighted by molar-refractivity contribution is -0.636. The Labute approximate surface area is 101 Å². The van der Waals surface area contributed by atoms with Crippen LogP contribution in [-0.2, 0) is 4.74 Å². The van der Waals surface area contributed by atoms with Crippen LogP contribution in [0.4, 0.5) is 0 Å². The molecule has 0 spiro atoms. The molecule has 1 aliphatic carbocycles. The summed E-state index contributed by atoms with van der Waals surface area (Å²) in [6.45, 7) is 1.06. The zero-order valence-electron chi connectivity index (χ0n) is 9.82. The van der Waals surface area contributed by atoms with Gasteiger partial charge < -0.3 is 10.1 Å². The van der Waals surface area contributed by atoms with Crippen LogP contribution in [-0.4, -0.2) is 19.7 Å². The molecule has 0 saturated heterocycles. The Kier molecular flexibility index (Phi) is 3.01. The van der Waals surface area contributed by atoms with Crippen molar-refractivity contribution in [1.29, 1.82) is 0 Å². The van der Waals surface area contributed by atoms with Gasteiger partial charge in [0.15, 0.2) is 0 Å². The van der Waals surface area contributed by atoms with Gasteiger partial charge in [0, 0.05) is 16.4 Å². The normalized spacial score (nSPS) is 33.2. The Morgan fingerprint density at radius 2 is 2.31 bits per heavy atom. The fraction of sp³-hybridized carbons (Fsp3) is 0.692. The van der Waals surface area contributed by atoms with E-state index in [9.17, 15) is 0 Å². The standard InChI is InChI=1S/C13H19NOS/c1-14-8-12-10-6-7-16-13(10)9-4-2-3-5-11(9)15-12/h6-7,9,11-12,14H,2-5,8H2,1H3/p+1/t9-,11+,12-/m0/s1. The number of thiophene rings is 1. The number of ether oxygens (including phenoxy) is 1. The molecule has 16 heavy (non-hydrogen) atoms. The van der Waals surface area contributed by atoms with Gasteiger partial charge in [0.05, 0.1) is 13.2 Å². The van der Waals surface area contributed by atoms with Gasteiger partial charge in [-0.15, -0.1) is 11.3 Å². The van der Waals surface area contributed by atoms with E-state index in [0.29, 0.717) is 18.1 Å². The summed E-state index contributed by atoms with van der Waals surface area (Å²) in [4.78, 5) is 1.63. The molecule has 1 aromatic heterocycles. The quantitative estimate of drug-likeness (QED) is 0.838. The molecule has 2 aliphatic rings. The van der Waals surface area contributed by atoms with Gasteiger partial charge in [0.1, 0.15) is 12.6 Å². The van der Waals surface area contributed by atoms with Crippen molar-refractivity contribution in [1.82, 2.24) is 0 Å². The molecule has 1 fully saturated rings. The van der Waals surface area contributed by atoms with Crippen molar-refractivity contribution in [3.63, 3.8) is 0 Å². The fourth-order valence-electron chi connectivity index (χ4n) is 3.14. The van der Waals surface area contributed by atoms with Gasteiger partial charge in [0.2, 0.25) is 0 Å². The third-order valence-electron chi connectivity index (χ3n) is 3.90. The van der Waals surface area contributed by atoms with Gasteiger partial charge in [-0.3, -0.25) is 0 Å². The summed E-state index contributed by atoms with van der Waals surface area (Å²) < 4.78 is 6.29. The minimum atomic E-state index is 0.339. The average molecular weight is 238 g/mol. The minimum absolute atomic E-state index is 0.339. The molecular weight excluding hydrogens is 218 g/mol. The van der Waals surface area contributed by atoms with Crippen LogP contribution in [0.25, 0.3) is 0 Å². The van der Waals surface area contributed by atoms with Crippen LogP contribution >= 0.6 is 11.3 Å². The summed E-state index contributed by atoms with van der Waals surface area (Å²) in [5.74, 6) is 0.705. The van der Waals surface area contributed by atoms with E-state index in [4.69, 9.17) is 4.74 Å². The second-order valence-electron chi connectivity index (χ2n) is 4.94. The maximum atomic E-state index is 6.29. The molecule has 0 unspecified atom stereocenters. The Morgan fingerprint density at radius 3 is 3.19 bits per heavy atom. The first kappa shape index (κ1) is 10.8. The molecule has 1 aromatic rings. The number of nitrogens with two attached hydrogens (primary N) is 1. The van der Waals surface area contributed by atoms with E-state index in [0.717, 1.165) is 6.54 Å². The monoisotopic (exact) mass is 238 g/mol. The smallest absolute Gasteiger partial charge is 0.133 e. The highest BCUT2D eigenvalue weighted by atomic mass is 32.1. The number of rotatable bonds is 2. The van der Waals surface area contributed by atoms with Crippen LogP contribution in [0.3, 0.4) is 0 Å². The van der Waals surface area contributed by atoms with Crippen molar-refractivity contribution in [2.24, 2.45) is 0 Å². The molecule has 3 atom stereocenters. The Balaban J connectivity index is 1.92. The zero-order valence-corrected chi connectivity index (χ0v) is 10.6. The van der Waals surface area contributed by atoms with Crippen LogP contribution in [0, 0.1) is 0 Å². The van der Waals surface area contributed by atoms with Gasteiger partial charge in [-0.05, 0) is 24.3 Å². The summed E-state index contributed by atoms with van der Waals surface area (Å²) >= 11 is 1.95. The summed E-state index contributed by atoms with van der Waals surface area (Å²) in [5, 5.41) is 4.48. The lowest BCUT2D eigenvalue weighted by Crippen LogP contribution is -2.81. The summed E-state index contributed by atoms with van der Waals surface area (Å²) in [7, 11) is 2.13. The summed E-state index contributed by atoms with van der Waals surface area (Å²) in [6, 6.07) is 2.28. The van der Waals surface area contributed by atoms with Crippen molar-refractivity contribution in [3.05, 3.63) is 21.9 Å². The van der Waals surface area contributed by atoms with E-state index in [-0.39, 0.29) is 0 Å². The molecule has 3 heteroatoms. The first-order valence-corrected chi connectivity index (χ1v) is 7.28. The molecule has 2 N–H and O–H groups in total. The molecule has 2 heterocycles. The van der Waals surface area contributed by atoms with E-state index in [2.05, 4.69) is 23.8 Å². The summed E-state index contributed by atoms with van der Waals surface area (Å²) in [5.41, 5.74) is 1.48. The van der Waals surface area contributed by atoms with Crippen molar-refractivity contribution < 1.29 is 10.1 Å². The van der Waals surface area contributed by atoms with Crippen molar-refractivity contribution in [2.75, 3.05) is 13.6 Å². The molecule has 3 rings (SSSR count). The van der Waals surface area contributed by atoms with Gasteiger partial charge >= 0.3 is 0 Å². The van der Waals surface area contributed by atoms with E-state index in [1.165, 1.54) is 31.2 Å². The highest BCUT2D eigenvalue weighted by molar-refractivity contribution is 7.10. The van der Waals surface area contributed by atoms with E-state index < -0.39 is 0 Å². The lowest BCUT2D eigenvalue weighted by Gasteiger charge is -2.38. The highest BCUT2D eigenvalue weighted by Gasteiger charge is 2.38. The number of fused-ring (bicyclic) bond motifs is 3. The Hall–Kier alpha value is -0.380. The third kappa shape index (κ3) is 1.71. The molecule has 88 valence electrons. The number of hydrogen-bond acceptors (Lipinski definition) is 2. The van der Waals surface area contributed by atoms with Gasteiger partial charge in [-0.2, -0.15) is 0 Å². The summed E-state index contributed by atoms with van der Waals surface area (Å²) in [6.07, 6.45) is 6.18. The van der Waals surface area contributed by atoms with Gasteiger partial charge in [-0.25, -0.2) is 0 Å². The third-order valence-corrected chi connectivity index (χ3v) is 4.97. The van der Waals surface area contributed by atoms with Crippen LogP contribution < -0.4 is 5.32 Å². The molecule has 2 nitrogen and oxygen atoms in total. The molecule has 1 aliphatic heterocycles. The van der Waals surface area contributed by atoms with E-state index in [1.807, 2.05) is 11.3 Å². The van der Waals surface area contributed by atoms with Gasteiger partial charge in [-0.1, -0.05) is 12.8 Å². The van der Waals surface area contributed by atoms with Gasteiger partial charge in [0.25, 0.3) is 0 Å². The SMILES string of the molecule is C[NH2+]C[C@@H]1O[C@@H]2CCCC[C@@H]2c2sccc21. The largest absolute Gasteiger partial charge is 0.364 e. The van der Waals surface area contributed by atoms with E-state index in [1.54, 1.807) is 4.88 Å². The van der Waals surface area contributed by atoms with Crippen LogP contribution in [0.5, 0.6) is 0 Å². The van der Waals surface area contributed by atoms with Crippen molar-refractivity contribution in [2.45, 2.75) is 43.8 Å². The predicted octanol–water partition coefficient (Wildman–Crippen LogP) is 2.04. The van der Waals surface area contributed by atoms with Crippen LogP contribution in [0.1, 0.15) is 48.1 Å². The lowest BCUT2D eigenvalue weighted by atomic mass is 9.81. The Morgan fingerprint density at radius 1 is 1.44 bits per heavy atom. The maximum absolute atomic E-state index is 6.29. The zero-order chi connectivity index (χ0) is 11.0. The number of hydrogen-bond donors (Lipinski definition) is 1. The maximum Gasteiger partial charge on any atom is 0.133 e. The molecule has 0 aromatic carbocycles. The first-order valence-electron chi connectivity index (χ1n) is 6.40. The van der Waals surface area contributed by atoms with Crippen LogP contribution in [0.15, 0.2) is 11.4 Å². The molecular formula is C13H20NOS+. The molecule has 0 bridgehead atoms. The van der Waals surface area contributed by atoms with Crippen molar-refractivity contribution in [3.8, 4) is 0 Å². The van der Waals surface area contributed by atoms with Crippen molar-refractivity contribution >= 4 is 11.3 Å². The number of quaternary nitrogens is 1. The fourth-order valence-corrected chi connectivity index (χ4v) is 4.28. The van der Waals surface area contributed by atoms with Crippen LogP contribution in [0.2, 0.25) is 0 Å². The first-order chi connectivity index (χ1) is 7.90. The topological polar surface area (TPSA) is 25.8 Å². The number of likely N-dealkylation sites (N-methyl/N-ethyl adjacent to an activating group) is 1.